The summed E-state index contributed by atoms with van der Waals surface area (Å²) in [6.07, 6.45) is 6.41. The molecule has 1 aromatic rings. The minimum absolute atomic E-state index is 0.0768. The van der Waals surface area contributed by atoms with Gasteiger partial charge in [-0.3, -0.25) is 9.59 Å². The van der Waals surface area contributed by atoms with E-state index < -0.39 is 11.7 Å². The van der Waals surface area contributed by atoms with Gasteiger partial charge in [0.05, 0.1) is 5.56 Å². The van der Waals surface area contributed by atoms with Gasteiger partial charge in [0.2, 0.25) is 5.91 Å². The van der Waals surface area contributed by atoms with E-state index in [2.05, 4.69) is 5.32 Å². The lowest BCUT2D eigenvalue weighted by Crippen LogP contribution is -2.24. The first-order valence-corrected chi connectivity index (χ1v) is 6.13. The monoisotopic (exact) mass is 262 g/mol. The Morgan fingerprint density at radius 3 is 2.74 bits per heavy atom. The summed E-state index contributed by atoms with van der Waals surface area (Å²) in [5.41, 5.74) is 5.22. The van der Waals surface area contributed by atoms with Gasteiger partial charge in [-0.15, -0.1) is 0 Å². The summed E-state index contributed by atoms with van der Waals surface area (Å²) < 4.78 is 13.3. The first-order valence-electron chi connectivity index (χ1n) is 6.13. The van der Waals surface area contributed by atoms with Crippen LogP contribution in [0, 0.1) is 11.7 Å². The Hall–Kier alpha value is -2.17. The molecule has 1 aliphatic carbocycles. The molecule has 5 heteroatoms. The first kappa shape index (κ1) is 13.3. The molecule has 2 rings (SSSR count). The Labute approximate surface area is 110 Å². The smallest absolute Gasteiger partial charge is 0.251 e. The van der Waals surface area contributed by atoms with Gasteiger partial charge in [0.1, 0.15) is 5.82 Å². The summed E-state index contributed by atoms with van der Waals surface area (Å²) in [6.45, 7) is 0. The normalized spacial score (nSPS) is 18.1. The fourth-order valence-corrected chi connectivity index (χ4v) is 2.07. The highest BCUT2D eigenvalue weighted by molar-refractivity contribution is 5.97. The predicted molar refractivity (Wildman–Crippen MR) is 70.0 cm³/mol. The van der Waals surface area contributed by atoms with Crippen molar-refractivity contribution in [2.24, 2.45) is 11.7 Å². The Morgan fingerprint density at radius 1 is 1.32 bits per heavy atom. The van der Waals surface area contributed by atoms with E-state index in [1.807, 2.05) is 12.2 Å². The van der Waals surface area contributed by atoms with Gasteiger partial charge >= 0.3 is 0 Å². The van der Waals surface area contributed by atoms with Crippen molar-refractivity contribution < 1.29 is 14.0 Å². The molecule has 0 saturated heterocycles. The first-order chi connectivity index (χ1) is 9.08. The summed E-state index contributed by atoms with van der Waals surface area (Å²) in [5, 5.41) is 2.69. The summed E-state index contributed by atoms with van der Waals surface area (Å²) in [6, 6.07) is 3.79. The van der Waals surface area contributed by atoms with E-state index in [1.54, 1.807) is 0 Å². The van der Waals surface area contributed by atoms with E-state index in [0.717, 1.165) is 18.9 Å². The van der Waals surface area contributed by atoms with E-state index in [-0.39, 0.29) is 17.4 Å². The third-order valence-corrected chi connectivity index (χ3v) is 3.14. The molecule has 0 aliphatic heterocycles. The molecule has 0 heterocycles. The molecule has 0 aromatic heterocycles. The Bertz CT molecular complexity index is 540. The van der Waals surface area contributed by atoms with Crippen molar-refractivity contribution in [3.63, 3.8) is 0 Å². The van der Waals surface area contributed by atoms with Crippen LogP contribution in [0.15, 0.2) is 30.4 Å². The predicted octanol–water partition coefficient (Wildman–Crippen LogP) is 2.22. The lowest BCUT2D eigenvalue weighted by molar-refractivity contribution is -0.120. The lowest BCUT2D eigenvalue weighted by Gasteiger charge is -2.17. The topological polar surface area (TPSA) is 72.2 Å². The van der Waals surface area contributed by atoms with Crippen LogP contribution in [0.4, 0.5) is 10.1 Å². The summed E-state index contributed by atoms with van der Waals surface area (Å²) in [7, 11) is 0. The molecule has 1 aliphatic rings. The van der Waals surface area contributed by atoms with Gasteiger partial charge in [0, 0.05) is 11.6 Å². The zero-order chi connectivity index (χ0) is 13.8. The number of carbonyl (C=O) groups excluding carboxylic acids is 2. The number of rotatable bonds is 3. The van der Waals surface area contributed by atoms with Crippen molar-refractivity contribution in [3.8, 4) is 0 Å². The maximum absolute atomic E-state index is 13.3. The van der Waals surface area contributed by atoms with Gasteiger partial charge in [-0.2, -0.15) is 0 Å². The van der Waals surface area contributed by atoms with Crippen molar-refractivity contribution in [2.75, 3.05) is 5.32 Å². The molecule has 1 atom stereocenters. The molecule has 0 radical (unpaired) electrons. The van der Waals surface area contributed by atoms with Crippen LogP contribution in [0.2, 0.25) is 0 Å². The van der Waals surface area contributed by atoms with Gasteiger partial charge in [-0.05, 0) is 37.5 Å². The third-order valence-electron chi connectivity index (χ3n) is 3.14. The second kappa shape index (κ2) is 5.65. The number of anilines is 1. The standard InChI is InChI=1S/C14H15FN2O2/c15-12-7-6-10(8-11(12)13(16)18)17-14(19)9-4-2-1-3-5-9/h1-2,6-9H,3-5H2,(H2,16,18)(H,17,19)/t9-/m1/s1. The van der Waals surface area contributed by atoms with Gasteiger partial charge in [0.25, 0.3) is 5.91 Å². The number of allylic oxidation sites excluding steroid dienone is 2. The number of halogens is 1. The molecule has 100 valence electrons. The quantitative estimate of drug-likeness (QED) is 0.820. The molecule has 0 spiro atoms. The SMILES string of the molecule is NC(=O)c1cc(NC(=O)[C@@H]2CC=CCC2)ccc1F. The van der Waals surface area contributed by atoms with Crippen molar-refractivity contribution in [2.45, 2.75) is 19.3 Å². The highest BCUT2D eigenvalue weighted by Gasteiger charge is 2.19. The van der Waals surface area contributed by atoms with Crippen LogP contribution in [0.25, 0.3) is 0 Å². The minimum atomic E-state index is -0.853. The fraction of sp³-hybridized carbons (Fsp3) is 0.286. The number of carbonyl (C=O) groups is 2. The zero-order valence-corrected chi connectivity index (χ0v) is 10.4. The van der Waals surface area contributed by atoms with Gasteiger partial charge < -0.3 is 11.1 Å². The summed E-state index contributed by atoms with van der Waals surface area (Å²) in [5.74, 6) is -1.74. The average Bonchev–Trinajstić information content (AvgIpc) is 2.41. The largest absolute Gasteiger partial charge is 0.366 e. The fourth-order valence-electron chi connectivity index (χ4n) is 2.07. The maximum Gasteiger partial charge on any atom is 0.251 e. The number of nitrogens with one attached hydrogen (secondary N) is 1. The second-order valence-electron chi connectivity index (χ2n) is 4.53. The number of hydrogen-bond acceptors (Lipinski definition) is 2. The lowest BCUT2D eigenvalue weighted by atomic mass is 9.93. The molecule has 0 fully saturated rings. The Morgan fingerprint density at radius 2 is 2.11 bits per heavy atom. The van der Waals surface area contributed by atoms with Crippen molar-refractivity contribution in [1.29, 1.82) is 0 Å². The molecule has 0 unspecified atom stereocenters. The molecular formula is C14H15FN2O2. The van der Waals surface area contributed by atoms with Crippen molar-refractivity contribution >= 4 is 17.5 Å². The highest BCUT2D eigenvalue weighted by atomic mass is 19.1. The van der Waals surface area contributed by atoms with Crippen LogP contribution >= 0.6 is 0 Å². The van der Waals surface area contributed by atoms with Crippen LogP contribution in [0.5, 0.6) is 0 Å². The van der Waals surface area contributed by atoms with E-state index >= 15 is 0 Å². The van der Waals surface area contributed by atoms with E-state index in [9.17, 15) is 14.0 Å². The zero-order valence-electron chi connectivity index (χ0n) is 10.4. The van der Waals surface area contributed by atoms with Gasteiger partial charge in [-0.25, -0.2) is 4.39 Å². The number of primary amides is 1. The third kappa shape index (κ3) is 3.19. The number of nitrogens with two attached hydrogens (primary N) is 1. The van der Waals surface area contributed by atoms with Crippen molar-refractivity contribution in [1.82, 2.24) is 0 Å². The molecule has 0 saturated carbocycles. The number of amides is 2. The van der Waals surface area contributed by atoms with Gasteiger partial charge in [-0.1, -0.05) is 12.2 Å². The van der Waals surface area contributed by atoms with Crippen molar-refractivity contribution in [3.05, 3.63) is 41.7 Å². The van der Waals surface area contributed by atoms with Crippen LogP contribution < -0.4 is 11.1 Å². The summed E-state index contributed by atoms with van der Waals surface area (Å²) >= 11 is 0. The molecular weight excluding hydrogens is 247 g/mol. The van der Waals surface area contributed by atoms with Crippen LogP contribution in [-0.4, -0.2) is 11.8 Å². The van der Waals surface area contributed by atoms with Crippen LogP contribution in [-0.2, 0) is 4.79 Å². The Kier molecular flexibility index (Phi) is 3.94. The Balaban J connectivity index is 2.10. The second-order valence-corrected chi connectivity index (χ2v) is 4.53. The molecule has 19 heavy (non-hydrogen) atoms. The minimum Gasteiger partial charge on any atom is -0.366 e. The van der Waals surface area contributed by atoms with E-state index in [0.29, 0.717) is 12.1 Å². The highest BCUT2D eigenvalue weighted by Crippen LogP contribution is 2.21. The van der Waals surface area contributed by atoms with Crippen LogP contribution in [0.1, 0.15) is 29.6 Å². The molecule has 0 bridgehead atoms. The van der Waals surface area contributed by atoms with E-state index in [4.69, 9.17) is 5.73 Å². The molecule has 4 nitrogen and oxygen atoms in total. The maximum atomic E-state index is 13.3. The van der Waals surface area contributed by atoms with Crippen LogP contribution in [0.3, 0.4) is 0 Å². The number of benzene rings is 1. The average molecular weight is 262 g/mol. The summed E-state index contributed by atoms with van der Waals surface area (Å²) in [4.78, 5) is 23.0. The van der Waals surface area contributed by atoms with E-state index in [1.165, 1.54) is 12.1 Å². The molecule has 1 aromatic carbocycles. The number of hydrogen-bond donors (Lipinski definition) is 2. The molecule has 3 N–H and O–H groups in total. The molecule has 2 amide bonds. The van der Waals surface area contributed by atoms with Gasteiger partial charge in [0.15, 0.2) is 0 Å².